The molecule has 0 unspecified atom stereocenters. The van der Waals surface area contributed by atoms with Crippen molar-refractivity contribution in [2.45, 2.75) is 50.3 Å². The zero-order valence-electron chi connectivity index (χ0n) is 12.7. The largest absolute Gasteiger partial charge is 0.347 e. The lowest BCUT2D eigenvalue weighted by Crippen LogP contribution is -2.26. The first-order valence-corrected chi connectivity index (χ1v) is 9.42. The number of thiazole rings is 1. The van der Waals surface area contributed by atoms with Crippen LogP contribution in [0.4, 0.5) is 5.13 Å². The van der Waals surface area contributed by atoms with Crippen molar-refractivity contribution in [2.75, 3.05) is 30.8 Å². The van der Waals surface area contributed by atoms with Crippen LogP contribution in [0, 0.1) is 0 Å². The standard InChI is InChI=1S/C15H25N3S2/c1-15(2)6-7-18(8-9-19-15)14-17-13(11-4-5-11)12(20-14)10-16-3/h11,16H,4-10H2,1-3H3. The third-order valence-corrected chi connectivity index (χ3v) is 6.63. The molecule has 3 nitrogen and oxygen atoms in total. The molecule has 0 amide bonds. The Morgan fingerprint density at radius 2 is 2.15 bits per heavy atom. The summed E-state index contributed by atoms with van der Waals surface area (Å²) in [6.45, 7) is 8.00. The predicted molar refractivity (Wildman–Crippen MR) is 90.2 cm³/mol. The maximum atomic E-state index is 5.00. The summed E-state index contributed by atoms with van der Waals surface area (Å²) in [5.74, 6) is 1.97. The smallest absolute Gasteiger partial charge is 0.185 e. The number of hydrogen-bond donors (Lipinski definition) is 1. The molecule has 0 aromatic carbocycles. The van der Waals surface area contributed by atoms with Crippen LogP contribution in [0.2, 0.25) is 0 Å². The van der Waals surface area contributed by atoms with Gasteiger partial charge in [0.05, 0.1) is 5.69 Å². The highest BCUT2D eigenvalue weighted by Gasteiger charge is 2.31. The van der Waals surface area contributed by atoms with Gasteiger partial charge in [-0.05, 0) is 26.3 Å². The van der Waals surface area contributed by atoms with E-state index in [2.05, 4.69) is 35.8 Å². The second-order valence-corrected chi connectivity index (χ2v) is 9.32. The van der Waals surface area contributed by atoms with E-state index in [-0.39, 0.29) is 0 Å². The van der Waals surface area contributed by atoms with Gasteiger partial charge in [0, 0.05) is 40.9 Å². The van der Waals surface area contributed by atoms with Crippen molar-refractivity contribution in [2.24, 2.45) is 0 Å². The molecule has 2 heterocycles. The highest BCUT2D eigenvalue weighted by atomic mass is 32.2. The van der Waals surface area contributed by atoms with Crippen LogP contribution in [0.5, 0.6) is 0 Å². The molecule has 2 fully saturated rings. The molecule has 20 heavy (non-hydrogen) atoms. The van der Waals surface area contributed by atoms with E-state index in [4.69, 9.17) is 4.98 Å². The Morgan fingerprint density at radius 3 is 2.85 bits per heavy atom. The molecule has 0 bridgehead atoms. The molecule has 1 saturated carbocycles. The van der Waals surface area contributed by atoms with Crippen molar-refractivity contribution in [3.8, 4) is 0 Å². The summed E-state index contributed by atoms with van der Waals surface area (Å²) >= 11 is 4.01. The highest BCUT2D eigenvalue weighted by molar-refractivity contribution is 8.00. The zero-order valence-corrected chi connectivity index (χ0v) is 14.4. The van der Waals surface area contributed by atoms with Gasteiger partial charge in [0.25, 0.3) is 0 Å². The minimum atomic E-state index is 0.416. The van der Waals surface area contributed by atoms with E-state index in [1.807, 2.05) is 18.4 Å². The molecule has 1 aliphatic heterocycles. The van der Waals surface area contributed by atoms with Crippen molar-refractivity contribution in [3.63, 3.8) is 0 Å². The summed E-state index contributed by atoms with van der Waals surface area (Å²) in [6.07, 6.45) is 3.92. The second kappa shape index (κ2) is 5.85. The second-order valence-electron chi connectivity index (χ2n) is 6.45. The molecule has 1 saturated heterocycles. The SMILES string of the molecule is CNCc1sc(N2CCSC(C)(C)CC2)nc1C1CC1. The van der Waals surface area contributed by atoms with Crippen molar-refractivity contribution < 1.29 is 0 Å². The molecule has 1 aliphatic carbocycles. The van der Waals surface area contributed by atoms with Crippen LogP contribution in [-0.2, 0) is 6.54 Å². The Labute approximate surface area is 130 Å². The average molecular weight is 312 g/mol. The van der Waals surface area contributed by atoms with Gasteiger partial charge in [0.2, 0.25) is 0 Å². The van der Waals surface area contributed by atoms with Crippen LogP contribution >= 0.6 is 23.1 Å². The first-order chi connectivity index (χ1) is 9.59. The quantitative estimate of drug-likeness (QED) is 0.922. The molecule has 0 radical (unpaired) electrons. The predicted octanol–water partition coefficient (Wildman–Crippen LogP) is 3.46. The third-order valence-electron chi connectivity index (χ3n) is 4.13. The van der Waals surface area contributed by atoms with E-state index in [0.29, 0.717) is 4.75 Å². The highest BCUT2D eigenvalue weighted by Crippen LogP contribution is 2.44. The number of thioether (sulfide) groups is 1. The van der Waals surface area contributed by atoms with E-state index in [0.717, 1.165) is 25.6 Å². The van der Waals surface area contributed by atoms with Gasteiger partial charge in [-0.2, -0.15) is 11.8 Å². The minimum absolute atomic E-state index is 0.416. The molecular formula is C15H25N3S2. The van der Waals surface area contributed by atoms with Crippen LogP contribution in [0.25, 0.3) is 0 Å². The fourth-order valence-corrected chi connectivity index (χ4v) is 4.97. The van der Waals surface area contributed by atoms with E-state index in [9.17, 15) is 0 Å². The summed E-state index contributed by atoms with van der Waals surface area (Å²) in [5, 5.41) is 4.56. The number of nitrogens with zero attached hydrogens (tertiary/aromatic N) is 2. The lowest BCUT2D eigenvalue weighted by Gasteiger charge is -2.22. The topological polar surface area (TPSA) is 28.2 Å². The Hall–Kier alpha value is -0.260. The summed E-state index contributed by atoms with van der Waals surface area (Å²) in [4.78, 5) is 8.97. The lowest BCUT2D eigenvalue weighted by atomic mass is 10.1. The first-order valence-electron chi connectivity index (χ1n) is 7.62. The number of anilines is 1. The summed E-state index contributed by atoms with van der Waals surface area (Å²) in [5.41, 5.74) is 1.38. The molecule has 112 valence electrons. The van der Waals surface area contributed by atoms with Crippen LogP contribution < -0.4 is 10.2 Å². The fraction of sp³-hybridized carbons (Fsp3) is 0.800. The lowest BCUT2D eigenvalue weighted by molar-refractivity contribution is 0.637. The number of aromatic nitrogens is 1. The van der Waals surface area contributed by atoms with Gasteiger partial charge >= 0.3 is 0 Å². The molecule has 5 heteroatoms. The van der Waals surface area contributed by atoms with Crippen molar-refractivity contribution in [1.82, 2.24) is 10.3 Å². The van der Waals surface area contributed by atoms with Crippen molar-refractivity contribution >= 4 is 28.2 Å². The van der Waals surface area contributed by atoms with Gasteiger partial charge in [-0.1, -0.05) is 13.8 Å². The summed E-state index contributed by atoms with van der Waals surface area (Å²) in [7, 11) is 2.03. The molecule has 0 spiro atoms. The van der Waals surface area contributed by atoms with Crippen molar-refractivity contribution in [3.05, 3.63) is 10.6 Å². The molecule has 0 atom stereocenters. The third kappa shape index (κ3) is 3.31. The number of nitrogens with one attached hydrogen (secondary N) is 1. The van der Waals surface area contributed by atoms with E-state index >= 15 is 0 Å². The van der Waals surface area contributed by atoms with Gasteiger partial charge in [-0.3, -0.25) is 0 Å². The fourth-order valence-electron chi connectivity index (χ4n) is 2.66. The van der Waals surface area contributed by atoms with Crippen LogP contribution in [0.15, 0.2) is 0 Å². The minimum Gasteiger partial charge on any atom is -0.347 e. The molecule has 3 rings (SSSR count). The molecule has 1 aromatic heterocycles. The average Bonchev–Trinajstić information content (AvgIpc) is 3.18. The van der Waals surface area contributed by atoms with E-state index < -0.39 is 0 Å². The number of hydrogen-bond acceptors (Lipinski definition) is 5. The molecule has 1 N–H and O–H groups in total. The van der Waals surface area contributed by atoms with Crippen LogP contribution in [-0.4, -0.2) is 35.6 Å². The van der Waals surface area contributed by atoms with Gasteiger partial charge in [0.15, 0.2) is 5.13 Å². The first kappa shape index (κ1) is 14.7. The van der Waals surface area contributed by atoms with Gasteiger partial charge < -0.3 is 10.2 Å². The maximum absolute atomic E-state index is 5.00. The van der Waals surface area contributed by atoms with Crippen molar-refractivity contribution in [1.29, 1.82) is 0 Å². The monoisotopic (exact) mass is 311 g/mol. The Balaban J connectivity index is 1.77. The Morgan fingerprint density at radius 1 is 1.35 bits per heavy atom. The Bertz CT molecular complexity index is 466. The number of rotatable bonds is 4. The van der Waals surface area contributed by atoms with E-state index in [1.165, 1.54) is 40.7 Å². The van der Waals surface area contributed by atoms with Gasteiger partial charge in [-0.25, -0.2) is 4.98 Å². The maximum Gasteiger partial charge on any atom is 0.185 e. The normalized spacial score (nSPS) is 22.9. The van der Waals surface area contributed by atoms with Crippen LogP contribution in [0.1, 0.15) is 49.6 Å². The van der Waals surface area contributed by atoms with Crippen LogP contribution in [0.3, 0.4) is 0 Å². The molecule has 1 aromatic rings. The Kier molecular flexibility index (Phi) is 4.29. The van der Waals surface area contributed by atoms with Gasteiger partial charge in [0.1, 0.15) is 0 Å². The zero-order chi connectivity index (χ0) is 14.2. The van der Waals surface area contributed by atoms with E-state index in [1.54, 1.807) is 0 Å². The van der Waals surface area contributed by atoms with Gasteiger partial charge in [-0.15, -0.1) is 11.3 Å². The molecule has 2 aliphatic rings. The summed E-state index contributed by atoms with van der Waals surface area (Å²) < 4.78 is 0.416. The summed E-state index contributed by atoms with van der Waals surface area (Å²) in [6, 6.07) is 0. The molecular weight excluding hydrogens is 286 g/mol.